The molecule has 0 unspecified atom stereocenters. The Hall–Kier alpha value is -1.60. The number of rotatable bonds is 3. The van der Waals surface area contributed by atoms with Gasteiger partial charge in [-0.05, 0) is 17.5 Å². The molecular weight excluding hydrogens is 258 g/mol. The maximum absolute atomic E-state index is 12.2. The Morgan fingerprint density at radius 2 is 2.18 bits per heavy atom. The Kier molecular flexibility index (Phi) is 3.03. The van der Waals surface area contributed by atoms with Crippen LogP contribution in [0.1, 0.15) is 0 Å². The van der Waals surface area contributed by atoms with E-state index in [-0.39, 0.29) is 4.21 Å². The van der Waals surface area contributed by atoms with Crippen LogP contribution in [0.4, 0.5) is 11.5 Å². The molecule has 0 radical (unpaired) electrons. The molecule has 7 heteroatoms. The molecule has 2 aromatic heterocycles. The lowest BCUT2D eigenvalue weighted by Gasteiger charge is -2.17. The summed E-state index contributed by atoms with van der Waals surface area (Å²) < 4.78 is 25.7. The largest absolute Gasteiger partial charge is 0.399 e. The van der Waals surface area contributed by atoms with Gasteiger partial charge in [0.25, 0.3) is 10.0 Å². The third-order valence-corrected chi connectivity index (χ3v) is 5.34. The van der Waals surface area contributed by atoms with Crippen LogP contribution in [0.15, 0.2) is 40.1 Å². The molecular formula is C10H11N3O2S2. The van der Waals surface area contributed by atoms with E-state index >= 15 is 0 Å². The average molecular weight is 269 g/mol. The molecule has 5 nitrogen and oxygen atoms in total. The van der Waals surface area contributed by atoms with Gasteiger partial charge in [-0.2, -0.15) is 0 Å². The normalized spacial score (nSPS) is 11.4. The lowest BCUT2D eigenvalue weighted by molar-refractivity contribution is 0.596. The van der Waals surface area contributed by atoms with E-state index < -0.39 is 10.0 Å². The summed E-state index contributed by atoms with van der Waals surface area (Å²) in [5, 5.41) is 1.72. The first kappa shape index (κ1) is 11.9. The second-order valence-corrected chi connectivity index (χ2v) is 6.50. The van der Waals surface area contributed by atoms with Gasteiger partial charge >= 0.3 is 0 Å². The van der Waals surface area contributed by atoms with E-state index in [2.05, 4.69) is 4.98 Å². The van der Waals surface area contributed by atoms with Gasteiger partial charge in [-0.25, -0.2) is 13.4 Å². The second-order valence-electron chi connectivity index (χ2n) is 3.35. The summed E-state index contributed by atoms with van der Waals surface area (Å²) in [6.45, 7) is 0. The van der Waals surface area contributed by atoms with Gasteiger partial charge < -0.3 is 5.73 Å². The summed E-state index contributed by atoms with van der Waals surface area (Å²) in [5.41, 5.74) is 6.07. The Labute approximate surface area is 104 Å². The van der Waals surface area contributed by atoms with E-state index in [1.54, 1.807) is 23.6 Å². The molecule has 0 amide bonds. The summed E-state index contributed by atoms with van der Waals surface area (Å²) in [4.78, 5) is 3.99. The molecule has 0 aromatic carbocycles. The monoisotopic (exact) mass is 269 g/mol. The number of aromatic nitrogens is 1. The number of nitrogens with two attached hydrogens (primary N) is 1. The van der Waals surface area contributed by atoms with Gasteiger partial charge in [-0.3, -0.25) is 4.31 Å². The molecule has 2 N–H and O–H groups in total. The molecule has 0 aliphatic rings. The molecule has 17 heavy (non-hydrogen) atoms. The molecule has 2 heterocycles. The Balaban J connectivity index is 2.42. The predicted molar refractivity (Wildman–Crippen MR) is 68.6 cm³/mol. The molecule has 0 saturated carbocycles. The third-order valence-electron chi connectivity index (χ3n) is 2.20. The van der Waals surface area contributed by atoms with Crippen molar-refractivity contribution in [2.75, 3.05) is 17.1 Å². The predicted octanol–water partition coefficient (Wildman–Crippen LogP) is 1.55. The molecule has 2 aromatic rings. The van der Waals surface area contributed by atoms with Crippen LogP contribution in [0.3, 0.4) is 0 Å². The van der Waals surface area contributed by atoms with Crippen molar-refractivity contribution < 1.29 is 8.42 Å². The molecule has 2 rings (SSSR count). The van der Waals surface area contributed by atoms with Crippen molar-refractivity contribution in [1.29, 1.82) is 0 Å². The van der Waals surface area contributed by atoms with Crippen molar-refractivity contribution in [3.05, 3.63) is 35.8 Å². The number of hydrogen-bond donors (Lipinski definition) is 1. The van der Waals surface area contributed by atoms with Crippen molar-refractivity contribution in [2.24, 2.45) is 0 Å². The van der Waals surface area contributed by atoms with Crippen LogP contribution in [0, 0.1) is 0 Å². The van der Waals surface area contributed by atoms with Crippen LogP contribution in [-0.2, 0) is 10.0 Å². The van der Waals surface area contributed by atoms with Crippen LogP contribution >= 0.6 is 11.3 Å². The summed E-state index contributed by atoms with van der Waals surface area (Å²) in [5.74, 6) is 0.304. The fourth-order valence-corrected chi connectivity index (χ4v) is 3.58. The van der Waals surface area contributed by atoms with Crippen LogP contribution in [0.25, 0.3) is 0 Å². The zero-order valence-electron chi connectivity index (χ0n) is 9.07. The van der Waals surface area contributed by atoms with Gasteiger partial charge in [0.05, 0.1) is 0 Å². The summed E-state index contributed by atoms with van der Waals surface area (Å²) in [7, 11) is -2.08. The Morgan fingerprint density at radius 1 is 1.41 bits per heavy atom. The van der Waals surface area contributed by atoms with Crippen LogP contribution in [0.5, 0.6) is 0 Å². The molecule has 0 atom stereocenters. The van der Waals surface area contributed by atoms with Gasteiger partial charge in [0.1, 0.15) is 10.0 Å². The topological polar surface area (TPSA) is 76.3 Å². The number of pyridine rings is 1. The fourth-order valence-electron chi connectivity index (χ4n) is 1.27. The highest BCUT2D eigenvalue weighted by molar-refractivity contribution is 7.94. The van der Waals surface area contributed by atoms with Gasteiger partial charge in [0.15, 0.2) is 0 Å². The van der Waals surface area contributed by atoms with E-state index in [1.165, 1.54) is 30.6 Å². The summed E-state index contributed by atoms with van der Waals surface area (Å²) >= 11 is 1.17. The molecule has 0 aliphatic carbocycles. The number of hydrogen-bond acceptors (Lipinski definition) is 5. The van der Waals surface area contributed by atoms with Crippen molar-refractivity contribution in [2.45, 2.75) is 4.21 Å². The SMILES string of the molecule is CN(c1cc(N)ccn1)S(=O)(=O)c1cccs1. The van der Waals surface area contributed by atoms with Crippen molar-refractivity contribution in [3.8, 4) is 0 Å². The molecule has 0 spiro atoms. The number of nitrogen functional groups attached to an aromatic ring is 1. The number of anilines is 2. The highest BCUT2D eigenvalue weighted by Crippen LogP contribution is 2.24. The lowest BCUT2D eigenvalue weighted by Crippen LogP contribution is -2.26. The van der Waals surface area contributed by atoms with Crippen LogP contribution in [-0.4, -0.2) is 20.4 Å². The average Bonchev–Trinajstić information content (AvgIpc) is 2.82. The van der Waals surface area contributed by atoms with E-state index in [1.807, 2.05) is 0 Å². The summed E-state index contributed by atoms with van der Waals surface area (Å²) in [6, 6.07) is 6.38. The Morgan fingerprint density at radius 3 is 2.76 bits per heavy atom. The molecule has 0 fully saturated rings. The van der Waals surface area contributed by atoms with E-state index in [0.29, 0.717) is 11.5 Å². The van der Waals surface area contributed by atoms with Crippen LogP contribution in [0.2, 0.25) is 0 Å². The minimum absolute atomic E-state index is 0.282. The van der Waals surface area contributed by atoms with Gasteiger partial charge in [-0.15, -0.1) is 11.3 Å². The van der Waals surface area contributed by atoms with Gasteiger partial charge in [0, 0.05) is 25.0 Å². The zero-order chi connectivity index (χ0) is 12.5. The minimum Gasteiger partial charge on any atom is -0.399 e. The molecule has 0 saturated heterocycles. The smallest absolute Gasteiger partial charge is 0.274 e. The summed E-state index contributed by atoms with van der Waals surface area (Å²) in [6.07, 6.45) is 1.48. The van der Waals surface area contributed by atoms with E-state index in [4.69, 9.17) is 5.73 Å². The standard InChI is InChI=1S/C10H11N3O2S2/c1-13(9-7-8(11)4-5-12-9)17(14,15)10-3-2-6-16-10/h2-7H,1H3,(H2,11,12). The maximum atomic E-state index is 12.2. The molecule has 0 bridgehead atoms. The van der Waals surface area contributed by atoms with Gasteiger partial charge in [-0.1, -0.05) is 6.07 Å². The second kappa shape index (κ2) is 4.34. The maximum Gasteiger partial charge on any atom is 0.274 e. The number of thiophene rings is 1. The minimum atomic E-state index is -3.53. The highest BCUT2D eigenvalue weighted by atomic mass is 32.2. The fraction of sp³-hybridized carbons (Fsp3) is 0.100. The molecule has 90 valence electrons. The number of nitrogens with zero attached hydrogens (tertiary/aromatic N) is 2. The van der Waals surface area contributed by atoms with Crippen LogP contribution < -0.4 is 10.0 Å². The lowest BCUT2D eigenvalue weighted by atomic mass is 10.4. The van der Waals surface area contributed by atoms with E-state index in [9.17, 15) is 8.42 Å². The van der Waals surface area contributed by atoms with Crippen molar-refractivity contribution in [3.63, 3.8) is 0 Å². The van der Waals surface area contributed by atoms with Gasteiger partial charge in [0.2, 0.25) is 0 Å². The Bertz CT molecular complexity index is 608. The first-order valence-electron chi connectivity index (χ1n) is 4.76. The third kappa shape index (κ3) is 2.25. The number of sulfonamides is 1. The highest BCUT2D eigenvalue weighted by Gasteiger charge is 2.22. The zero-order valence-corrected chi connectivity index (χ0v) is 10.7. The quantitative estimate of drug-likeness (QED) is 0.917. The first-order chi connectivity index (χ1) is 8.01. The van der Waals surface area contributed by atoms with Crippen molar-refractivity contribution >= 4 is 32.9 Å². The van der Waals surface area contributed by atoms with E-state index in [0.717, 1.165) is 4.31 Å². The van der Waals surface area contributed by atoms with Crippen molar-refractivity contribution in [1.82, 2.24) is 4.98 Å². The first-order valence-corrected chi connectivity index (χ1v) is 7.08. The molecule has 0 aliphatic heterocycles.